The number of nitrogens with zero attached hydrogens (tertiary/aromatic N) is 1. The lowest BCUT2D eigenvalue weighted by Gasteiger charge is -2.24. The van der Waals surface area contributed by atoms with Crippen molar-refractivity contribution in [3.8, 4) is 0 Å². The number of Topliss-reactive ketones (excluding diaryl/α,β-unsaturated/α-hetero) is 1. The lowest BCUT2D eigenvalue weighted by molar-refractivity contribution is 0.0856. The van der Waals surface area contributed by atoms with Crippen LogP contribution >= 0.6 is 11.3 Å². The standard InChI is InChI=1S/C12H19NO2S/c1-10(2)13(6-7-15-3)9-11(14)12-5-4-8-16-12/h4-5,8,10H,6-7,9H2,1-3H3. The Balaban J connectivity index is 2.51. The summed E-state index contributed by atoms with van der Waals surface area (Å²) >= 11 is 1.50. The van der Waals surface area contributed by atoms with E-state index in [0.717, 1.165) is 11.4 Å². The van der Waals surface area contributed by atoms with E-state index in [1.54, 1.807) is 7.11 Å². The second-order valence-electron chi connectivity index (χ2n) is 3.96. The molecule has 1 aromatic heterocycles. The van der Waals surface area contributed by atoms with Gasteiger partial charge in [-0.2, -0.15) is 0 Å². The van der Waals surface area contributed by atoms with Gasteiger partial charge in [0.2, 0.25) is 0 Å². The molecular weight excluding hydrogens is 222 g/mol. The summed E-state index contributed by atoms with van der Waals surface area (Å²) in [5.41, 5.74) is 0. The van der Waals surface area contributed by atoms with Gasteiger partial charge in [-0.3, -0.25) is 9.69 Å². The first-order valence-electron chi connectivity index (χ1n) is 5.45. The van der Waals surface area contributed by atoms with Crippen molar-refractivity contribution >= 4 is 17.1 Å². The van der Waals surface area contributed by atoms with Crippen LogP contribution in [-0.4, -0.2) is 43.5 Å². The minimum atomic E-state index is 0.194. The second kappa shape index (κ2) is 6.78. The van der Waals surface area contributed by atoms with Crippen molar-refractivity contribution in [1.29, 1.82) is 0 Å². The largest absolute Gasteiger partial charge is 0.383 e. The Morgan fingerprint density at radius 1 is 1.56 bits per heavy atom. The average molecular weight is 241 g/mol. The van der Waals surface area contributed by atoms with Crippen molar-refractivity contribution < 1.29 is 9.53 Å². The lowest BCUT2D eigenvalue weighted by Crippen LogP contribution is -2.37. The molecule has 3 nitrogen and oxygen atoms in total. The summed E-state index contributed by atoms with van der Waals surface area (Å²) in [4.78, 5) is 14.9. The smallest absolute Gasteiger partial charge is 0.186 e. The van der Waals surface area contributed by atoms with Gasteiger partial charge in [0, 0.05) is 19.7 Å². The molecule has 0 radical (unpaired) electrons. The number of rotatable bonds is 7. The molecular formula is C12H19NO2S. The highest BCUT2D eigenvalue weighted by Gasteiger charge is 2.15. The number of ether oxygens (including phenoxy) is 1. The minimum absolute atomic E-state index is 0.194. The first kappa shape index (κ1) is 13.4. The van der Waals surface area contributed by atoms with Crippen LogP contribution in [0.15, 0.2) is 17.5 Å². The van der Waals surface area contributed by atoms with E-state index in [-0.39, 0.29) is 5.78 Å². The molecule has 0 atom stereocenters. The Bertz CT molecular complexity index is 309. The van der Waals surface area contributed by atoms with Gasteiger partial charge in [0.05, 0.1) is 18.0 Å². The summed E-state index contributed by atoms with van der Waals surface area (Å²) in [6.07, 6.45) is 0. The molecule has 0 N–H and O–H groups in total. The van der Waals surface area contributed by atoms with Crippen LogP contribution in [0.1, 0.15) is 23.5 Å². The molecule has 0 aliphatic rings. The monoisotopic (exact) mass is 241 g/mol. The summed E-state index contributed by atoms with van der Waals surface area (Å²) < 4.78 is 5.04. The third-order valence-corrected chi connectivity index (χ3v) is 3.37. The second-order valence-corrected chi connectivity index (χ2v) is 4.91. The molecule has 0 aromatic carbocycles. The molecule has 1 heterocycles. The molecule has 0 bridgehead atoms. The third-order valence-electron chi connectivity index (χ3n) is 2.46. The Morgan fingerprint density at radius 2 is 2.31 bits per heavy atom. The molecule has 0 amide bonds. The number of carbonyl (C=O) groups is 1. The Morgan fingerprint density at radius 3 is 2.81 bits per heavy atom. The summed E-state index contributed by atoms with van der Waals surface area (Å²) in [7, 11) is 1.68. The summed E-state index contributed by atoms with van der Waals surface area (Å²) in [6.45, 7) is 6.12. The van der Waals surface area contributed by atoms with Crippen LogP contribution in [0.2, 0.25) is 0 Å². The van der Waals surface area contributed by atoms with Gasteiger partial charge < -0.3 is 4.74 Å². The van der Waals surface area contributed by atoms with Gasteiger partial charge >= 0.3 is 0 Å². The maximum Gasteiger partial charge on any atom is 0.186 e. The predicted octanol–water partition coefficient (Wildman–Crippen LogP) is 2.29. The van der Waals surface area contributed by atoms with Crippen molar-refractivity contribution in [3.05, 3.63) is 22.4 Å². The fourth-order valence-electron chi connectivity index (χ4n) is 1.43. The van der Waals surface area contributed by atoms with Crippen LogP contribution in [0.5, 0.6) is 0 Å². The summed E-state index contributed by atoms with van der Waals surface area (Å²) in [5, 5.41) is 1.93. The maximum absolute atomic E-state index is 11.9. The van der Waals surface area contributed by atoms with E-state index >= 15 is 0 Å². The minimum Gasteiger partial charge on any atom is -0.383 e. The average Bonchev–Trinajstić information content (AvgIpc) is 2.76. The van der Waals surface area contributed by atoms with Crippen molar-refractivity contribution in [1.82, 2.24) is 4.90 Å². The fourth-order valence-corrected chi connectivity index (χ4v) is 2.08. The van der Waals surface area contributed by atoms with Crippen LogP contribution in [0.25, 0.3) is 0 Å². The molecule has 16 heavy (non-hydrogen) atoms. The van der Waals surface area contributed by atoms with E-state index in [9.17, 15) is 4.79 Å². The van der Waals surface area contributed by atoms with Crippen LogP contribution in [-0.2, 0) is 4.74 Å². The van der Waals surface area contributed by atoms with Crippen molar-refractivity contribution in [2.45, 2.75) is 19.9 Å². The molecule has 1 aromatic rings. The zero-order valence-electron chi connectivity index (χ0n) is 10.1. The summed E-state index contributed by atoms with van der Waals surface area (Å²) in [5.74, 6) is 0.194. The Kier molecular flexibility index (Phi) is 5.66. The summed E-state index contributed by atoms with van der Waals surface area (Å²) in [6, 6.07) is 4.15. The number of thiophene rings is 1. The van der Waals surface area contributed by atoms with Crippen LogP contribution in [0, 0.1) is 0 Å². The first-order valence-corrected chi connectivity index (χ1v) is 6.32. The van der Waals surface area contributed by atoms with Gasteiger partial charge in [0.25, 0.3) is 0 Å². The third kappa shape index (κ3) is 4.04. The van der Waals surface area contributed by atoms with Gasteiger partial charge in [-0.05, 0) is 25.3 Å². The molecule has 1 rings (SSSR count). The van der Waals surface area contributed by atoms with Crippen molar-refractivity contribution in [2.24, 2.45) is 0 Å². The molecule has 0 aliphatic heterocycles. The highest BCUT2D eigenvalue weighted by Crippen LogP contribution is 2.11. The van der Waals surface area contributed by atoms with Gasteiger partial charge in [-0.1, -0.05) is 6.07 Å². The van der Waals surface area contributed by atoms with Crippen molar-refractivity contribution in [3.63, 3.8) is 0 Å². The van der Waals surface area contributed by atoms with Gasteiger partial charge in [-0.25, -0.2) is 0 Å². The molecule has 0 saturated heterocycles. The van der Waals surface area contributed by atoms with E-state index in [1.165, 1.54) is 11.3 Å². The van der Waals surface area contributed by atoms with Gasteiger partial charge in [-0.15, -0.1) is 11.3 Å². The predicted molar refractivity (Wildman–Crippen MR) is 67.2 cm³/mol. The number of ketones is 1. The molecule has 4 heteroatoms. The SMILES string of the molecule is COCCN(CC(=O)c1cccs1)C(C)C. The molecule has 0 saturated carbocycles. The highest BCUT2D eigenvalue weighted by atomic mass is 32.1. The van der Waals surface area contributed by atoms with Crippen LogP contribution < -0.4 is 0 Å². The number of carbonyl (C=O) groups excluding carboxylic acids is 1. The molecule has 0 aliphatic carbocycles. The van der Waals surface area contributed by atoms with E-state index in [2.05, 4.69) is 18.7 Å². The molecule has 90 valence electrons. The lowest BCUT2D eigenvalue weighted by atomic mass is 10.2. The topological polar surface area (TPSA) is 29.5 Å². The zero-order valence-corrected chi connectivity index (χ0v) is 10.9. The molecule has 0 fully saturated rings. The Labute approximate surface area is 101 Å². The number of methoxy groups -OCH3 is 1. The quantitative estimate of drug-likeness (QED) is 0.686. The van der Waals surface area contributed by atoms with E-state index in [1.807, 2.05) is 17.5 Å². The number of hydrogen-bond donors (Lipinski definition) is 0. The number of hydrogen-bond acceptors (Lipinski definition) is 4. The Hall–Kier alpha value is -0.710. The maximum atomic E-state index is 11.9. The van der Waals surface area contributed by atoms with Crippen molar-refractivity contribution in [2.75, 3.05) is 26.8 Å². The zero-order chi connectivity index (χ0) is 12.0. The van der Waals surface area contributed by atoms with E-state index in [4.69, 9.17) is 4.74 Å². The van der Waals surface area contributed by atoms with E-state index in [0.29, 0.717) is 19.2 Å². The molecule has 0 spiro atoms. The fraction of sp³-hybridized carbons (Fsp3) is 0.583. The van der Waals surface area contributed by atoms with E-state index < -0.39 is 0 Å². The highest BCUT2D eigenvalue weighted by molar-refractivity contribution is 7.12. The normalized spacial score (nSPS) is 11.3. The first-order chi connectivity index (χ1) is 7.65. The van der Waals surface area contributed by atoms with Crippen LogP contribution in [0.4, 0.5) is 0 Å². The van der Waals surface area contributed by atoms with Gasteiger partial charge in [0.15, 0.2) is 5.78 Å². The van der Waals surface area contributed by atoms with Gasteiger partial charge in [0.1, 0.15) is 0 Å². The van der Waals surface area contributed by atoms with Crippen LogP contribution in [0.3, 0.4) is 0 Å². The molecule has 0 unspecified atom stereocenters.